The summed E-state index contributed by atoms with van der Waals surface area (Å²) in [4.78, 5) is 16.8. The molecule has 0 amide bonds. The van der Waals surface area contributed by atoms with E-state index < -0.39 is 12.0 Å². The molecule has 0 aliphatic carbocycles. The first-order valence-corrected chi connectivity index (χ1v) is 10.2. The highest BCUT2D eigenvalue weighted by Crippen LogP contribution is 2.18. The van der Waals surface area contributed by atoms with Crippen LogP contribution in [0.3, 0.4) is 0 Å². The van der Waals surface area contributed by atoms with Gasteiger partial charge in [0.15, 0.2) is 6.04 Å². The predicted octanol–water partition coefficient (Wildman–Crippen LogP) is 4.98. The van der Waals surface area contributed by atoms with Gasteiger partial charge in [-0.15, -0.1) is 0 Å². The summed E-state index contributed by atoms with van der Waals surface area (Å²) < 4.78 is 5.75. The van der Waals surface area contributed by atoms with Gasteiger partial charge < -0.3 is 14.9 Å². The van der Waals surface area contributed by atoms with E-state index in [0.29, 0.717) is 5.56 Å². The number of hydroxylamine groups is 1. The summed E-state index contributed by atoms with van der Waals surface area (Å²) in [6, 6.07) is 12.5. The van der Waals surface area contributed by atoms with Crippen LogP contribution in [0.2, 0.25) is 0 Å². The highest BCUT2D eigenvalue weighted by Gasteiger charge is 2.19. The molecule has 0 aromatic heterocycles. The van der Waals surface area contributed by atoms with Crippen LogP contribution >= 0.6 is 0 Å². The van der Waals surface area contributed by atoms with E-state index in [9.17, 15) is 15.0 Å². The molecule has 0 heterocycles. The van der Waals surface area contributed by atoms with Crippen LogP contribution in [-0.4, -0.2) is 22.8 Å². The Labute approximate surface area is 172 Å². The third-order valence-corrected chi connectivity index (χ3v) is 4.60. The molecule has 0 aliphatic rings. The van der Waals surface area contributed by atoms with Gasteiger partial charge in [-0.3, -0.25) is 9.63 Å². The summed E-state index contributed by atoms with van der Waals surface area (Å²) >= 11 is 0. The summed E-state index contributed by atoms with van der Waals surface area (Å²) in [5.74, 6) is -0.158. The summed E-state index contributed by atoms with van der Waals surface area (Å²) in [5, 5.41) is 18.7. The van der Waals surface area contributed by atoms with Gasteiger partial charge >= 0.3 is 5.97 Å². The van der Waals surface area contributed by atoms with Crippen LogP contribution in [0.1, 0.15) is 62.6 Å². The molecule has 0 spiro atoms. The lowest BCUT2D eigenvalue weighted by Gasteiger charge is -2.15. The molecule has 2 aromatic carbocycles. The van der Waals surface area contributed by atoms with Gasteiger partial charge in [0.05, 0.1) is 13.2 Å². The average molecular weight is 402 g/mol. The number of unbranched alkanes of at least 4 members (excludes halogenated alkanes) is 5. The number of aliphatic carboxylic acids is 1. The Bertz CT molecular complexity index is 715. The molecular formula is C23H31NO5. The molecule has 2 rings (SSSR count). The number of nitrogens with one attached hydrogen (secondary N) is 1. The van der Waals surface area contributed by atoms with Crippen molar-refractivity contribution in [1.82, 2.24) is 5.48 Å². The molecule has 0 saturated heterocycles. The van der Waals surface area contributed by atoms with Crippen molar-refractivity contribution in [3.05, 3.63) is 59.7 Å². The average Bonchev–Trinajstić information content (AvgIpc) is 2.72. The molecule has 29 heavy (non-hydrogen) atoms. The van der Waals surface area contributed by atoms with E-state index in [-0.39, 0.29) is 12.4 Å². The number of rotatable bonds is 14. The molecule has 158 valence electrons. The SMILES string of the molecule is CCCCCCCCOc1ccc(CONC(C(=O)O)c2ccc(O)cc2)cc1. The van der Waals surface area contributed by atoms with Crippen molar-refractivity contribution >= 4 is 5.97 Å². The van der Waals surface area contributed by atoms with E-state index in [4.69, 9.17) is 9.57 Å². The summed E-state index contributed by atoms with van der Waals surface area (Å²) in [6.07, 6.45) is 7.39. The van der Waals surface area contributed by atoms with Crippen molar-refractivity contribution in [3.63, 3.8) is 0 Å². The van der Waals surface area contributed by atoms with Crippen molar-refractivity contribution < 1.29 is 24.6 Å². The van der Waals surface area contributed by atoms with Crippen LogP contribution in [0.25, 0.3) is 0 Å². The number of carboxylic acid groups (broad SMARTS) is 1. The molecular weight excluding hydrogens is 370 g/mol. The highest BCUT2D eigenvalue weighted by atomic mass is 16.6. The van der Waals surface area contributed by atoms with E-state index in [1.807, 2.05) is 24.3 Å². The first-order valence-electron chi connectivity index (χ1n) is 10.2. The zero-order valence-electron chi connectivity index (χ0n) is 17.0. The highest BCUT2D eigenvalue weighted by molar-refractivity contribution is 5.75. The summed E-state index contributed by atoms with van der Waals surface area (Å²) in [7, 11) is 0. The standard InChI is InChI=1S/C23H31NO5/c1-2-3-4-5-6-7-16-28-21-14-8-18(9-15-21)17-29-24-22(23(26)27)19-10-12-20(25)13-11-19/h8-15,22,24-25H,2-7,16-17H2,1H3,(H,26,27). The van der Waals surface area contributed by atoms with Crippen molar-refractivity contribution in [1.29, 1.82) is 0 Å². The van der Waals surface area contributed by atoms with Crippen molar-refractivity contribution in [3.8, 4) is 11.5 Å². The van der Waals surface area contributed by atoms with Gasteiger partial charge in [0.2, 0.25) is 0 Å². The Morgan fingerprint density at radius 3 is 2.28 bits per heavy atom. The van der Waals surface area contributed by atoms with Gasteiger partial charge in [-0.1, -0.05) is 63.3 Å². The first kappa shape index (κ1) is 22.7. The Morgan fingerprint density at radius 2 is 1.62 bits per heavy atom. The fourth-order valence-corrected chi connectivity index (χ4v) is 2.89. The molecule has 0 saturated carbocycles. The number of phenols is 1. The van der Waals surface area contributed by atoms with E-state index in [1.54, 1.807) is 12.1 Å². The van der Waals surface area contributed by atoms with E-state index in [1.165, 1.54) is 44.2 Å². The number of ether oxygens (including phenoxy) is 1. The van der Waals surface area contributed by atoms with Crippen LogP contribution in [0, 0.1) is 0 Å². The van der Waals surface area contributed by atoms with Crippen molar-refractivity contribution in [2.45, 2.75) is 58.1 Å². The normalized spacial score (nSPS) is 11.9. The topological polar surface area (TPSA) is 88.0 Å². The Morgan fingerprint density at radius 1 is 0.966 bits per heavy atom. The Hall–Kier alpha value is -2.57. The lowest BCUT2D eigenvalue weighted by atomic mass is 10.1. The zero-order valence-corrected chi connectivity index (χ0v) is 17.0. The number of hydrogen-bond donors (Lipinski definition) is 3. The van der Waals surface area contributed by atoms with E-state index >= 15 is 0 Å². The maximum absolute atomic E-state index is 11.4. The predicted molar refractivity (Wildman–Crippen MR) is 112 cm³/mol. The van der Waals surface area contributed by atoms with Gasteiger partial charge in [-0.05, 0) is 41.8 Å². The first-order chi connectivity index (χ1) is 14.1. The van der Waals surface area contributed by atoms with Crippen molar-refractivity contribution in [2.24, 2.45) is 0 Å². The second kappa shape index (κ2) is 12.8. The minimum Gasteiger partial charge on any atom is -0.508 e. The quantitative estimate of drug-likeness (QED) is 0.306. The van der Waals surface area contributed by atoms with Gasteiger partial charge in [0.25, 0.3) is 0 Å². The van der Waals surface area contributed by atoms with Gasteiger partial charge in [0, 0.05) is 0 Å². The maximum Gasteiger partial charge on any atom is 0.327 e. The number of carbonyl (C=O) groups is 1. The molecule has 1 atom stereocenters. The molecule has 0 aliphatic heterocycles. The monoisotopic (exact) mass is 401 g/mol. The fourth-order valence-electron chi connectivity index (χ4n) is 2.89. The third kappa shape index (κ3) is 8.54. The molecule has 3 N–H and O–H groups in total. The van der Waals surface area contributed by atoms with Crippen LogP contribution in [0.4, 0.5) is 0 Å². The van der Waals surface area contributed by atoms with Crippen molar-refractivity contribution in [2.75, 3.05) is 6.61 Å². The third-order valence-electron chi connectivity index (χ3n) is 4.60. The number of carboxylic acids is 1. The molecule has 0 bridgehead atoms. The van der Waals surface area contributed by atoms with Crippen LogP contribution in [0.5, 0.6) is 11.5 Å². The molecule has 1 unspecified atom stereocenters. The number of phenolic OH excluding ortho intramolecular Hbond substituents is 1. The zero-order chi connectivity index (χ0) is 20.9. The summed E-state index contributed by atoms with van der Waals surface area (Å²) in [5.41, 5.74) is 3.96. The van der Waals surface area contributed by atoms with Gasteiger partial charge in [0.1, 0.15) is 11.5 Å². The Balaban J connectivity index is 1.71. The molecule has 6 heteroatoms. The van der Waals surface area contributed by atoms with Gasteiger partial charge in [-0.25, -0.2) is 0 Å². The smallest absolute Gasteiger partial charge is 0.327 e. The number of benzene rings is 2. The maximum atomic E-state index is 11.4. The molecule has 0 fully saturated rings. The van der Waals surface area contributed by atoms with E-state index in [0.717, 1.165) is 24.3 Å². The minimum atomic E-state index is -1.06. The van der Waals surface area contributed by atoms with E-state index in [2.05, 4.69) is 12.4 Å². The second-order valence-corrected chi connectivity index (χ2v) is 7.03. The molecule has 2 aromatic rings. The van der Waals surface area contributed by atoms with Crippen LogP contribution in [-0.2, 0) is 16.2 Å². The fraction of sp³-hybridized carbons (Fsp3) is 0.435. The number of hydrogen-bond acceptors (Lipinski definition) is 5. The number of aromatic hydroxyl groups is 1. The largest absolute Gasteiger partial charge is 0.508 e. The molecule has 6 nitrogen and oxygen atoms in total. The van der Waals surface area contributed by atoms with Crippen LogP contribution < -0.4 is 10.2 Å². The molecule has 0 radical (unpaired) electrons. The summed E-state index contributed by atoms with van der Waals surface area (Å²) in [6.45, 7) is 3.16. The minimum absolute atomic E-state index is 0.0811. The lowest BCUT2D eigenvalue weighted by Crippen LogP contribution is -2.28. The Kier molecular flexibility index (Phi) is 10.0. The second-order valence-electron chi connectivity index (χ2n) is 7.03. The van der Waals surface area contributed by atoms with Crippen LogP contribution in [0.15, 0.2) is 48.5 Å². The lowest BCUT2D eigenvalue weighted by molar-refractivity contribution is -0.145. The van der Waals surface area contributed by atoms with Gasteiger partial charge in [-0.2, -0.15) is 5.48 Å².